The monoisotopic (exact) mass is 443 g/mol. The second-order valence-corrected chi connectivity index (χ2v) is 7.96. The van der Waals surface area contributed by atoms with Gasteiger partial charge in [-0.3, -0.25) is 19.8 Å². The molecule has 0 spiro atoms. The predicted molar refractivity (Wildman–Crippen MR) is 115 cm³/mol. The van der Waals surface area contributed by atoms with E-state index in [0.717, 1.165) is 32.1 Å². The van der Waals surface area contributed by atoms with Crippen molar-refractivity contribution in [3.8, 4) is 0 Å². The molecule has 0 aliphatic carbocycles. The molecule has 0 aromatic rings. The minimum Gasteiger partial charge on any atom is -0.481 e. The maximum atomic E-state index is 12.4. The van der Waals surface area contributed by atoms with Gasteiger partial charge in [-0.2, -0.15) is 0 Å². The lowest BCUT2D eigenvalue weighted by Gasteiger charge is -2.21. The average Bonchev–Trinajstić information content (AvgIpc) is 2.64. The van der Waals surface area contributed by atoms with Crippen molar-refractivity contribution in [2.24, 2.45) is 11.7 Å². The van der Waals surface area contributed by atoms with Crippen LogP contribution >= 0.6 is 0 Å². The molecule has 0 bridgehead atoms. The Morgan fingerprint density at radius 2 is 1.48 bits per heavy atom. The first kappa shape index (κ1) is 28.1. The quantitative estimate of drug-likeness (QED) is 0.0972. The highest BCUT2D eigenvalue weighted by molar-refractivity contribution is 5.92. The van der Waals surface area contributed by atoms with Crippen molar-refractivity contribution in [2.45, 2.75) is 83.7 Å². The van der Waals surface area contributed by atoms with Crippen molar-refractivity contribution in [2.75, 3.05) is 6.54 Å². The van der Waals surface area contributed by atoms with Crippen molar-refractivity contribution >= 4 is 29.7 Å². The number of unbranched alkanes of at least 4 members (excludes halogenated alkanes) is 5. The molecule has 0 radical (unpaired) electrons. The first-order chi connectivity index (χ1) is 14.5. The molecule has 0 heterocycles. The molecule has 178 valence electrons. The number of hydrogen-bond donors (Lipinski definition) is 7. The lowest BCUT2D eigenvalue weighted by Crippen LogP contribution is -2.52. The van der Waals surface area contributed by atoms with Gasteiger partial charge in [0, 0.05) is 13.0 Å². The maximum absolute atomic E-state index is 12.4. The summed E-state index contributed by atoms with van der Waals surface area (Å²) in [6.45, 7) is 4.27. The van der Waals surface area contributed by atoms with Gasteiger partial charge in [0.05, 0.1) is 6.42 Å². The van der Waals surface area contributed by atoms with Crippen molar-refractivity contribution in [3.05, 3.63) is 0 Å². The van der Waals surface area contributed by atoms with Crippen LogP contribution in [-0.2, 0) is 19.2 Å². The molecule has 0 unspecified atom stereocenters. The molecular weight excluding hydrogens is 406 g/mol. The van der Waals surface area contributed by atoms with Crippen LogP contribution in [0.1, 0.15) is 71.6 Å². The molecule has 11 nitrogen and oxygen atoms in total. The molecule has 31 heavy (non-hydrogen) atoms. The highest BCUT2D eigenvalue weighted by atomic mass is 16.4. The summed E-state index contributed by atoms with van der Waals surface area (Å²) in [4.78, 5) is 46.9. The molecule has 0 aromatic carbocycles. The summed E-state index contributed by atoms with van der Waals surface area (Å²) in [5.41, 5.74) is 5.19. The number of hydrogen-bond acceptors (Lipinski definition) is 5. The summed E-state index contributed by atoms with van der Waals surface area (Å²) < 4.78 is 0. The van der Waals surface area contributed by atoms with Gasteiger partial charge in [0.1, 0.15) is 12.1 Å². The Kier molecular flexibility index (Phi) is 14.5. The van der Waals surface area contributed by atoms with Crippen molar-refractivity contribution in [3.63, 3.8) is 0 Å². The third-order valence-electron chi connectivity index (χ3n) is 4.50. The minimum absolute atomic E-state index is 0.0133. The molecule has 0 aromatic heterocycles. The van der Waals surface area contributed by atoms with Crippen LogP contribution in [0.4, 0.5) is 0 Å². The molecule has 11 heteroatoms. The van der Waals surface area contributed by atoms with Gasteiger partial charge in [0.25, 0.3) is 0 Å². The van der Waals surface area contributed by atoms with Crippen LogP contribution in [0.5, 0.6) is 0 Å². The third kappa shape index (κ3) is 15.6. The molecule has 0 saturated carbocycles. The fraction of sp³-hybridized carbons (Fsp3) is 0.750. The van der Waals surface area contributed by atoms with Crippen molar-refractivity contribution in [1.29, 1.82) is 5.41 Å². The highest BCUT2D eigenvalue weighted by Gasteiger charge is 2.28. The van der Waals surface area contributed by atoms with E-state index in [1.165, 1.54) is 0 Å². The summed E-state index contributed by atoms with van der Waals surface area (Å²) >= 11 is 0. The van der Waals surface area contributed by atoms with E-state index in [1.807, 2.05) is 13.8 Å². The van der Waals surface area contributed by atoms with Crippen molar-refractivity contribution < 1.29 is 29.4 Å². The van der Waals surface area contributed by atoms with Gasteiger partial charge in [-0.1, -0.05) is 39.5 Å². The standard InChI is InChI=1S/C20H37N5O6/c1-13(2)11-15(19(30)31)25-18(29)14(12-17(27)28)24-16(26)9-7-5-3-4-6-8-10-23-20(21)22/h13-15H,3-12H2,1-2H3,(H,24,26)(H,25,29)(H,27,28)(H,30,31)(H4,21,22,23)/t14-,15-/m0/s1. The summed E-state index contributed by atoms with van der Waals surface area (Å²) in [6.07, 6.45) is 4.94. The van der Waals surface area contributed by atoms with Gasteiger partial charge >= 0.3 is 11.9 Å². The number of carboxylic acid groups (broad SMARTS) is 2. The molecule has 0 aliphatic rings. The number of amides is 2. The van der Waals surface area contributed by atoms with E-state index >= 15 is 0 Å². The lowest BCUT2D eigenvalue weighted by atomic mass is 10.0. The zero-order valence-corrected chi connectivity index (χ0v) is 18.4. The Hall–Kier alpha value is -2.85. The smallest absolute Gasteiger partial charge is 0.326 e. The van der Waals surface area contributed by atoms with E-state index in [9.17, 15) is 24.3 Å². The molecule has 8 N–H and O–H groups in total. The van der Waals surface area contributed by atoms with Gasteiger partial charge in [0.15, 0.2) is 5.96 Å². The fourth-order valence-electron chi connectivity index (χ4n) is 2.96. The summed E-state index contributed by atoms with van der Waals surface area (Å²) in [6, 6.07) is -2.47. The van der Waals surface area contributed by atoms with E-state index in [-0.39, 0.29) is 24.7 Å². The van der Waals surface area contributed by atoms with Crippen LogP contribution in [-0.4, -0.2) is 58.6 Å². The van der Waals surface area contributed by atoms with Crippen LogP contribution in [0, 0.1) is 11.3 Å². The van der Waals surface area contributed by atoms with Gasteiger partial charge in [-0.15, -0.1) is 0 Å². The lowest BCUT2D eigenvalue weighted by molar-refractivity contribution is -0.143. The van der Waals surface area contributed by atoms with Gasteiger partial charge < -0.3 is 31.9 Å². The summed E-state index contributed by atoms with van der Waals surface area (Å²) in [5.74, 6) is -3.76. The SMILES string of the molecule is CC(C)C[C@H](NC(=O)[C@H](CC(=O)O)NC(=O)CCCCCCCCNC(=N)N)C(=O)O. The summed E-state index contributed by atoms with van der Waals surface area (Å²) in [5, 5.41) is 32.8. The first-order valence-corrected chi connectivity index (χ1v) is 10.6. The minimum atomic E-state index is -1.33. The number of carbonyl (C=O) groups excluding carboxylic acids is 2. The zero-order chi connectivity index (χ0) is 23.8. The second kappa shape index (κ2) is 15.9. The van der Waals surface area contributed by atoms with E-state index in [1.54, 1.807) is 0 Å². The molecule has 0 fully saturated rings. The average molecular weight is 444 g/mol. The van der Waals surface area contributed by atoms with Crippen LogP contribution in [0.2, 0.25) is 0 Å². The van der Waals surface area contributed by atoms with Crippen LogP contribution < -0.4 is 21.7 Å². The Labute approximate surface area is 183 Å². The van der Waals surface area contributed by atoms with E-state index in [2.05, 4.69) is 16.0 Å². The topological polar surface area (TPSA) is 195 Å². The number of guanidine groups is 1. The maximum Gasteiger partial charge on any atom is 0.326 e. The van der Waals surface area contributed by atoms with Crippen LogP contribution in [0.15, 0.2) is 0 Å². The van der Waals surface area contributed by atoms with Crippen LogP contribution in [0.3, 0.4) is 0 Å². The fourth-order valence-corrected chi connectivity index (χ4v) is 2.96. The number of carboxylic acids is 2. The third-order valence-corrected chi connectivity index (χ3v) is 4.50. The predicted octanol–water partition coefficient (Wildman–Crippen LogP) is 0.775. The Bertz CT molecular complexity index is 611. The van der Waals surface area contributed by atoms with E-state index in [4.69, 9.17) is 16.2 Å². The molecule has 0 aliphatic heterocycles. The van der Waals surface area contributed by atoms with Gasteiger partial charge in [-0.25, -0.2) is 4.79 Å². The molecular formula is C20H37N5O6. The first-order valence-electron chi connectivity index (χ1n) is 10.6. The largest absolute Gasteiger partial charge is 0.481 e. The van der Waals surface area contributed by atoms with Gasteiger partial charge in [-0.05, 0) is 25.2 Å². The Morgan fingerprint density at radius 1 is 0.903 bits per heavy atom. The normalized spacial score (nSPS) is 12.6. The Balaban J connectivity index is 4.37. The molecule has 2 amide bonds. The Morgan fingerprint density at radius 3 is 2.00 bits per heavy atom. The highest BCUT2D eigenvalue weighted by Crippen LogP contribution is 2.08. The number of carbonyl (C=O) groups is 4. The van der Waals surface area contributed by atoms with Crippen LogP contribution in [0.25, 0.3) is 0 Å². The zero-order valence-electron chi connectivity index (χ0n) is 18.4. The summed E-state index contributed by atoms with van der Waals surface area (Å²) in [7, 11) is 0. The van der Waals surface area contributed by atoms with Gasteiger partial charge in [0.2, 0.25) is 11.8 Å². The number of nitrogens with two attached hydrogens (primary N) is 1. The molecule has 2 atom stereocenters. The molecule has 0 saturated heterocycles. The second-order valence-electron chi connectivity index (χ2n) is 7.96. The van der Waals surface area contributed by atoms with E-state index < -0.39 is 42.3 Å². The number of aliphatic carboxylic acids is 2. The number of nitrogens with one attached hydrogen (secondary N) is 4. The molecule has 0 rings (SSSR count). The number of rotatable bonds is 17. The van der Waals surface area contributed by atoms with E-state index in [0.29, 0.717) is 13.0 Å². The van der Waals surface area contributed by atoms with Crippen molar-refractivity contribution in [1.82, 2.24) is 16.0 Å².